The molecule has 0 aliphatic carbocycles. The Morgan fingerprint density at radius 1 is 1.28 bits per heavy atom. The summed E-state index contributed by atoms with van der Waals surface area (Å²) >= 11 is 0. The van der Waals surface area contributed by atoms with Crippen molar-refractivity contribution >= 4 is 17.6 Å². The van der Waals surface area contributed by atoms with Gasteiger partial charge in [0.1, 0.15) is 17.9 Å². The lowest BCUT2D eigenvalue weighted by atomic mass is 9.92. The zero-order chi connectivity index (χ0) is 12.9. The molecule has 2 amide bonds. The Hall–Kier alpha value is -1.43. The molecule has 0 aromatic rings. The second-order valence-electron chi connectivity index (χ2n) is 5.26. The van der Waals surface area contributed by atoms with Gasteiger partial charge in [-0.1, -0.05) is 0 Å². The van der Waals surface area contributed by atoms with E-state index in [1.165, 1.54) is 11.9 Å². The Kier molecular flexibility index (Phi) is 2.62. The molecule has 3 fully saturated rings. The average molecular weight is 251 g/mol. The van der Waals surface area contributed by atoms with E-state index in [0.717, 1.165) is 6.42 Å². The first-order valence-corrected chi connectivity index (χ1v) is 6.49. The smallest absolute Gasteiger partial charge is 0.260 e. The van der Waals surface area contributed by atoms with Crippen LogP contribution >= 0.6 is 0 Å². The maximum absolute atomic E-state index is 12.4. The largest absolute Gasteiger partial charge is 0.328 e. The summed E-state index contributed by atoms with van der Waals surface area (Å²) < 4.78 is 0. The lowest BCUT2D eigenvalue weighted by molar-refractivity contribution is -0.167. The molecule has 3 rings (SSSR count). The van der Waals surface area contributed by atoms with Crippen molar-refractivity contribution in [3.63, 3.8) is 0 Å². The number of nitrogens with zero attached hydrogens (tertiary/aromatic N) is 2. The topological polar surface area (TPSA) is 69.7 Å². The number of ketones is 1. The maximum atomic E-state index is 12.4. The zero-order valence-electron chi connectivity index (χ0n) is 10.4. The number of carbonyl (C=O) groups excluding carboxylic acids is 3. The van der Waals surface area contributed by atoms with Crippen molar-refractivity contribution in [3.8, 4) is 0 Å². The van der Waals surface area contributed by atoms with Crippen molar-refractivity contribution in [2.75, 3.05) is 13.1 Å². The predicted octanol–water partition coefficient (Wildman–Crippen LogP) is -0.698. The molecule has 3 heterocycles. The number of piperazine rings is 1. The molecule has 3 saturated heterocycles. The van der Waals surface area contributed by atoms with Crippen LogP contribution in [0.25, 0.3) is 0 Å². The number of Topliss-reactive ketones (excluding diaryl/α,β-unsaturated/α-hetero) is 1. The first-order chi connectivity index (χ1) is 8.61. The van der Waals surface area contributed by atoms with E-state index in [4.69, 9.17) is 0 Å². The van der Waals surface area contributed by atoms with Gasteiger partial charge in [-0.25, -0.2) is 5.43 Å². The molecule has 0 spiro atoms. The van der Waals surface area contributed by atoms with Crippen LogP contribution in [-0.4, -0.2) is 52.7 Å². The Morgan fingerprint density at radius 2 is 2.06 bits per heavy atom. The van der Waals surface area contributed by atoms with E-state index in [9.17, 15) is 14.4 Å². The normalized spacial score (nSPS) is 35.5. The molecule has 0 saturated carbocycles. The SMILES string of the molecule is CC(=O)C1CCN2C(=O)C3CCCNN3C(=O)C12. The molecule has 18 heavy (non-hydrogen) atoms. The van der Waals surface area contributed by atoms with Gasteiger partial charge in [0.25, 0.3) is 5.91 Å². The van der Waals surface area contributed by atoms with Crippen molar-refractivity contribution in [3.05, 3.63) is 0 Å². The van der Waals surface area contributed by atoms with Gasteiger partial charge in [-0.2, -0.15) is 0 Å². The highest BCUT2D eigenvalue weighted by Gasteiger charge is 2.53. The Bertz CT molecular complexity index is 423. The van der Waals surface area contributed by atoms with Gasteiger partial charge in [0.15, 0.2) is 0 Å². The minimum Gasteiger partial charge on any atom is -0.328 e. The highest BCUT2D eigenvalue weighted by Crippen LogP contribution is 2.33. The monoisotopic (exact) mass is 251 g/mol. The zero-order valence-corrected chi connectivity index (χ0v) is 10.4. The van der Waals surface area contributed by atoms with Gasteiger partial charge in [-0.15, -0.1) is 0 Å². The van der Waals surface area contributed by atoms with Gasteiger partial charge >= 0.3 is 0 Å². The van der Waals surface area contributed by atoms with Gasteiger partial charge in [0.05, 0.1) is 0 Å². The summed E-state index contributed by atoms with van der Waals surface area (Å²) in [5.41, 5.74) is 3.00. The second-order valence-corrected chi connectivity index (χ2v) is 5.26. The number of hydrogen-bond acceptors (Lipinski definition) is 4. The summed E-state index contributed by atoms with van der Waals surface area (Å²) in [6.07, 6.45) is 2.22. The van der Waals surface area contributed by atoms with Gasteiger partial charge < -0.3 is 4.90 Å². The third-order valence-electron chi connectivity index (χ3n) is 4.23. The molecule has 98 valence electrons. The first-order valence-electron chi connectivity index (χ1n) is 6.49. The van der Waals surface area contributed by atoms with Crippen LogP contribution < -0.4 is 5.43 Å². The van der Waals surface area contributed by atoms with Crippen LogP contribution in [0.2, 0.25) is 0 Å². The van der Waals surface area contributed by atoms with E-state index in [1.807, 2.05) is 0 Å². The van der Waals surface area contributed by atoms with Crippen LogP contribution in [0.3, 0.4) is 0 Å². The van der Waals surface area contributed by atoms with Crippen molar-refractivity contribution in [1.29, 1.82) is 0 Å². The number of nitrogens with one attached hydrogen (secondary N) is 1. The van der Waals surface area contributed by atoms with Crippen LogP contribution in [0.15, 0.2) is 0 Å². The average Bonchev–Trinajstić information content (AvgIpc) is 2.81. The lowest BCUT2D eigenvalue weighted by Gasteiger charge is -2.45. The number of hydrazine groups is 1. The van der Waals surface area contributed by atoms with Crippen LogP contribution in [0.5, 0.6) is 0 Å². The van der Waals surface area contributed by atoms with E-state index in [-0.39, 0.29) is 29.6 Å². The third kappa shape index (κ3) is 1.48. The molecule has 0 bridgehead atoms. The summed E-state index contributed by atoms with van der Waals surface area (Å²) in [4.78, 5) is 38.0. The minimum atomic E-state index is -0.572. The minimum absolute atomic E-state index is 0.000825. The summed E-state index contributed by atoms with van der Waals surface area (Å²) in [5.74, 6) is -0.446. The van der Waals surface area contributed by atoms with Gasteiger partial charge in [0, 0.05) is 19.0 Å². The highest BCUT2D eigenvalue weighted by molar-refractivity contribution is 6.00. The molecule has 1 N–H and O–H groups in total. The Labute approximate surface area is 105 Å². The standard InChI is InChI=1S/C12H17N3O3/c1-7(16)8-4-6-14-10(8)12(18)15-9(11(14)17)3-2-5-13-15/h8-10,13H,2-6H2,1H3. The molecule has 0 radical (unpaired) electrons. The molecule has 6 nitrogen and oxygen atoms in total. The maximum Gasteiger partial charge on any atom is 0.260 e. The Balaban J connectivity index is 1.93. The van der Waals surface area contributed by atoms with E-state index >= 15 is 0 Å². The number of fused-ring (bicyclic) bond motifs is 2. The van der Waals surface area contributed by atoms with E-state index in [1.54, 1.807) is 4.90 Å². The van der Waals surface area contributed by atoms with Crippen LogP contribution in [0, 0.1) is 5.92 Å². The fraction of sp³-hybridized carbons (Fsp3) is 0.750. The van der Waals surface area contributed by atoms with Crippen LogP contribution in [0.4, 0.5) is 0 Å². The molecule has 3 unspecified atom stereocenters. The van der Waals surface area contributed by atoms with E-state index < -0.39 is 6.04 Å². The van der Waals surface area contributed by atoms with Gasteiger partial charge in [0.2, 0.25) is 5.91 Å². The number of hydrogen-bond donors (Lipinski definition) is 1. The lowest BCUT2D eigenvalue weighted by Crippen LogP contribution is -2.69. The molecular weight excluding hydrogens is 234 g/mol. The number of carbonyl (C=O) groups is 3. The van der Waals surface area contributed by atoms with Gasteiger partial charge in [-0.3, -0.25) is 19.4 Å². The fourth-order valence-corrected chi connectivity index (χ4v) is 3.30. The highest BCUT2D eigenvalue weighted by atomic mass is 16.2. The van der Waals surface area contributed by atoms with Crippen molar-refractivity contribution in [2.24, 2.45) is 5.92 Å². The first kappa shape index (κ1) is 11.6. The fourth-order valence-electron chi connectivity index (χ4n) is 3.30. The molecular formula is C12H17N3O3. The van der Waals surface area contributed by atoms with Crippen molar-refractivity contribution < 1.29 is 14.4 Å². The number of amides is 2. The summed E-state index contributed by atoms with van der Waals surface area (Å²) in [6.45, 7) is 2.75. The van der Waals surface area contributed by atoms with Gasteiger partial charge in [-0.05, 0) is 26.2 Å². The molecule has 3 atom stereocenters. The Morgan fingerprint density at radius 3 is 2.78 bits per heavy atom. The predicted molar refractivity (Wildman–Crippen MR) is 62.2 cm³/mol. The second kappa shape index (κ2) is 4.05. The molecule has 6 heteroatoms. The number of rotatable bonds is 1. The van der Waals surface area contributed by atoms with Crippen molar-refractivity contribution in [1.82, 2.24) is 15.3 Å². The van der Waals surface area contributed by atoms with E-state index in [2.05, 4.69) is 5.43 Å². The quantitative estimate of drug-likeness (QED) is 0.669. The van der Waals surface area contributed by atoms with Crippen molar-refractivity contribution in [2.45, 2.75) is 38.3 Å². The van der Waals surface area contributed by atoms with Crippen LogP contribution in [0.1, 0.15) is 26.2 Å². The molecule has 0 aromatic heterocycles. The molecule has 3 aliphatic heterocycles. The van der Waals surface area contributed by atoms with E-state index in [0.29, 0.717) is 25.9 Å². The summed E-state index contributed by atoms with van der Waals surface area (Å²) in [5, 5.41) is 1.47. The molecule has 3 aliphatic rings. The summed E-state index contributed by atoms with van der Waals surface area (Å²) in [7, 11) is 0. The molecule has 0 aromatic carbocycles. The summed E-state index contributed by atoms with van der Waals surface area (Å²) in [6, 6.07) is -0.940. The third-order valence-corrected chi connectivity index (χ3v) is 4.23. The van der Waals surface area contributed by atoms with Crippen LogP contribution in [-0.2, 0) is 14.4 Å².